The molecule has 3 nitrogen and oxygen atoms in total. The highest BCUT2D eigenvalue weighted by atomic mass is 16.6. The minimum atomic E-state index is -0.271. The molecule has 1 fully saturated rings. The Balaban J connectivity index is 1.71. The third kappa shape index (κ3) is 2.60. The van der Waals surface area contributed by atoms with Gasteiger partial charge in [-0.2, -0.15) is 0 Å². The smallest absolute Gasteiger partial charge is 0.329 e. The number of anilines is 1. The number of ether oxygens (including phenoxy) is 1. The summed E-state index contributed by atoms with van der Waals surface area (Å²) in [5, 5.41) is 3.22. The molecular formula is C16H15NO2. The number of cyclic esters (lactones) is 1. The molecule has 0 unspecified atom stereocenters. The van der Waals surface area contributed by atoms with E-state index in [9.17, 15) is 4.79 Å². The van der Waals surface area contributed by atoms with Crippen LogP contribution >= 0.6 is 0 Å². The van der Waals surface area contributed by atoms with Crippen molar-refractivity contribution in [3.8, 4) is 0 Å². The highest BCUT2D eigenvalue weighted by Crippen LogP contribution is 2.31. The van der Waals surface area contributed by atoms with Crippen molar-refractivity contribution in [3.05, 3.63) is 66.2 Å². The minimum absolute atomic E-state index is 0.144. The lowest BCUT2D eigenvalue weighted by molar-refractivity contribution is -0.142. The van der Waals surface area contributed by atoms with Crippen LogP contribution in [-0.2, 0) is 9.53 Å². The minimum Gasteiger partial charge on any atom is -0.456 e. The van der Waals surface area contributed by atoms with Gasteiger partial charge in [0.15, 0.2) is 0 Å². The van der Waals surface area contributed by atoms with Gasteiger partial charge in [-0.15, -0.1) is 0 Å². The second kappa shape index (κ2) is 5.14. The largest absolute Gasteiger partial charge is 0.456 e. The number of carbonyl (C=O) groups excluding carboxylic acids is 1. The third-order valence-electron chi connectivity index (χ3n) is 3.28. The zero-order valence-electron chi connectivity index (χ0n) is 10.5. The maximum Gasteiger partial charge on any atom is 0.329 e. The summed E-state index contributed by atoms with van der Waals surface area (Å²) >= 11 is 0. The van der Waals surface area contributed by atoms with Gasteiger partial charge in [0.2, 0.25) is 0 Å². The second-order valence-corrected chi connectivity index (χ2v) is 4.63. The summed E-state index contributed by atoms with van der Waals surface area (Å²) in [5.41, 5.74) is 1.99. The molecule has 0 bridgehead atoms. The summed E-state index contributed by atoms with van der Waals surface area (Å²) in [4.78, 5) is 11.9. The number of hydrogen-bond donors (Lipinski definition) is 1. The highest BCUT2D eigenvalue weighted by Gasteiger charge is 2.35. The monoisotopic (exact) mass is 253 g/mol. The molecule has 0 spiro atoms. The van der Waals surface area contributed by atoms with Gasteiger partial charge in [0, 0.05) is 12.1 Å². The molecule has 1 aliphatic rings. The van der Waals surface area contributed by atoms with E-state index in [2.05, 4.69) is 5.32 Å². The van der Waals surface area contributed by atoms with E-state index >= 15 is 0 Å². The maximum atomic E-state index is 11.9. The maximum absolute atomic E-state index is 11.9. The zero-order chi connectivity index (χ0) is 13.1. The SMILES string of the molecule is O=C1O[C@@H](c2ccccc2)C[C@H]1Nc1ccccc1. The molecular weight excluding hydrogens is 238 g/mol. The number of benzene rings is 2. The Morgan fingerprint density at radius 1 is 0.947 bits per heavy atom. The van der Waals surface area contributed by atoms with Crippen molar-refractivity contribution in [2.45, 2.75) is 18.6 Å². The molecule has 0 saturated carbocycles. The van der Waals surface area contributed by atoms with Crippen LogP contribution in [0.15, 0.2) is 60.7 Å². The van der Waals surface area contributed by atoms with Crippen LogP contribution in [0.5, 0.6) is 0 Å². The molecule has 0 amide bonds. The van der Waals surface area contributed by atoms with Crippen LogP contribution in [0.3, 0.4) is 0 Å². The molecule has 0 aliphatic carbocycles. The molecule has 2 aromatic rings. The number of para-hydroxylation sites is 1. The van der Waals surface area contributed by atoms with Gasteiger partial charge in [0.25, 0.3) is 0 Å². The molecule has 0 radical (unpaired) electrons. The third-order valence-corrected chi connectivity index (χ3v) is 3.28. The normalized spacial score (nSPS) is 22.0. The highest BCUT2D eigenvalue weighted by molar-refractivity contribution is 5.81. The first-order valence-corrected chi connectivity index (χ1v) is 6.40. The van der Waals surface area contributed by atoms with Crippen LogP contribution in [0.4, 0.5) is 5.69 Å². The quantitative estimate of drug-likeness (QED) is 0.854. The lowest BCUT2D eigenvalue weighted by Gasteiger charge is -2.10. The fraction of sp³-hybridized carbons (Fsp3) is 0.188. The Morgan fingerprint density at radius 3 is 2.26 bits per heavy atom. The molecule has 3 rings (SSSR count). The fourth-order valence-corrected chi connectivity index (χ4v) is 2.31. The average Bonchev–Trinajstić information content (AvgIpc) is 2.82. The summed E-state index contributed by atoms with van der Waals surface area (Å²) < 4.78 is 5.43. The van der Waals surface area contributed by atoms with Crippen LogP contribution in [0.2, 0.25) is 0 Å². The summed E-state index contributed by atoms with van der Waals surface area (Å²) in [7, 11) is 0. The number of nitrogens with one attached hydrogen (secondary N) is 1. The molecule has 1 N–H and O–H groups in total. The Kier molecular flexibility index (Phi) is 3.19. The van der Waals surface area contributed by atoms with Gasteiger partial charge >= 0.3 is 5.97 Å². The van der Waals surface area contributed by atoms with Crippen molar-refractivity contribution in [1.82, 2.24) is 0 Å². The van der Waals surface area contributed by atoms with Crippen LogP contribution < -0.4 is 5.32 Å². The van der Waals surface area contributed by atoms with Crippen molar-refractivity contribution in [1.29, 1.82) is 0 Å². The van der Waals surface area contributed by atoms with E-state index in [4.69, 9.17) is 4.74 Å². The van der Waals surface area contributed by atoms with Crippen LogP contribution in [-0.4, -0.2) is 12.0 Å². The molecule has 1 saturated heterocycles. The predicted octanol–water partition coefficient (Wildman–Crippen LogP) is 3.16. The van der Waals surface area contributed by atoms with E-state index in [1.807, 2.05) is 60.7 Å². The first kappa shape index (κ1) is 11.8. The summed E-state index contributed by atoms with van der Waals surface area (Å²) in [6, 6.07) is 19.3. The van der Waals surface area contributed by atoms with E-state index in [-0.39, 0.29) is 18.1 Å². The zero-order valence-corrected chi connectivity index (χ0v) is 10.5. The lowest BCUT2D eigenvalue weighted by atomic mass is 10.0. The molecule has 1 aliphatic heterocycles. The van der Waals surface area contributed by atoms with Gasteiger partial charge in [0.1, 0.15) is 12.1 Å². The van der Waals surface area contributed by atoms with Gasteiger partial charge in [-0.05, 0) is 17.7 Å². The molecule has 19 heavy (non-hydrogen) atoms. The van der Waals surface area contributed by atoms with Gasteiger partial charge in [-0.1, -0.05) is 48.5 Å². The molecule has 1 heterocycles. The van der Waals surface area contributed by atoms with E-state index in [1.165, 1.54) is 0 Å². The molecule has 3 heteroatoms. The van der Waals surface area contributed by atoms with Crippen molar-refractivity contribution < 1.29 is 9.53 Å². The van der Waals surface area contributed by atoms with Crippen LogP contribution in [0.1, 0.15) is 18.1 Å². The van der Waals surface area contributed by atoms with Crippen molar-refractivity contribution in [2.75, 3.05) is 5.32 Å². The Bertz CT molecular complexity index is 553. The fourth-order valence-electron chi connectivity index (χ4n) is 2.31. The molecule has 0 aromatic heterocycles. The van der Waals surface area contributed by atoms with Gasteiger partial charge in [0.05, 0.1) is 0 Å². The first-order chi connectivity index (χ1) is 9.33. The Hall–Kier alpha value is -2.29. The van der Waals surface area contributed by atoms with Gasteiger partial charge < -0.3 is 10.1 Å². The van der Waals surface area contributed by atoms with Crippen LogP contribution in [0, 0.1) is 0 Å². The van der Waals surface area contributed by atoms with E-state index in [1.54, 1.807) is 0 Å². The van der Waals surface area contributed by atoms with Gasteiger partial charge in [-0.25, -0.2) is 4.79 Å². The predicted molar refractivity (Wildman–Crippen MR) is 73.7 cm³/mol. The summed E-state index contributed by atoms with van der Waals surface area (Å²) in [5.74, 6) is -0.183. The number of carbonyl (C=O) groups is 1. The molecule has 2 aromatic carbocycles. The average molecular weight is 253 g/mol. The number of rotatable bonds is 3. The second-order valence-electron chi connectivity index (χ2n) is 4.63. The number of esters is 1. The topological polar surface area (TPSA) is 38.3 Å². The van der Waals surface area contributed by atoms with E-state index in [0.29, 0.717) is 6.42 Å². The molecule has 96 valence electrons. The summed E-state index contributed by atoms with van der Waals surface area (Å²) in [6.45, 7) is 0. The summed E-state index contributed by atoms with van der Waals surface area (Å²) in [6.07, 6.45) is 0.521. The van der Waals surface area contributed by atoms with Crippen molar-refractivity contribution >= 4 is 11.7 Å². The first-order valence-electron chi connectivity index (χ1n) is 6.40. The molecule has 2 atom stereocenters. The van der Waals surface area contributed by atoms with Gasteiger partial charge in [-0.3, -0.25) is 0 Å². The van der Waals surface area contributed by atoms with Crippen LogP contribution in [0.25, 0.3) is 0 Å². The number of hydrogen-bond acceptors (Lipinski definition) is 3. The lowest BCUT2D eigenvalue weighted by Crippen LogP contribution is -2.24. The Morgan fingerprint density at radius 2 is 1.58 bits per heavy atom. The van der Waals surface area contributed by atoms with E-state index < -0.39 is 0 Å². The van der Waals surface area contributed by atoms with Crippen molar-refractivity contribution in [3.63, 3.8) is 0 Å². The van der Waals surface area contributed by atoms with E-state index in [0.717, 1.165) is 11.3 Å². The standard InChI is InChI=1S/C16H15NO2/c18-16-14(17-13-9-5-2-6-10-13)11-15(19-16)12-7-3-1-4-8-12/h1-10,14-15,17H,11H2/t14-,15-/m1/s1. The van der Waals surface area contributed by atoms with Crippen molar-refractivity contribution in [2.24, 2.45) is 0 Å². The Labute approximate surface area is 112 Å².